The van der Waals surface area contributed by atoms with Crippen LogP contribution in [0.15, 0.2) is 18.2 Å². The molecule has 21 heavy (non-hydrogen) atoms. The van der Waals surface area contributed by atoms with Gasteiger partial charge in [-0.25, -0.2) is 9.97 Å². The first-order valence-corrected chi connectivity index (χ1v) is 8.50. The van der Waals surface area contributed by atoms with Gasteiger partial charge in [0.15, 0.2) is 0 Å². The van der Waals surface area contributed by atoms with Crippen LogP contribution in [-0.4, -0.2) is 9.97 Å². The van der Waals surface area contributed by atoms with Crippen molar-refractivity contribution in [2.24, 2.45) is 0 Å². The van der Waals surface area contributed by atoms with Gasteiger partial charge >= 0.3 is 0 Å². The molecule has 0 N–H and O–H groups in total. The Labute approximate surface area is 129 Å². The van der Waals surface area contributed by atoms with E-state index in [1.165, 1.54) is 55.5 Å². The Morgan fingerprint density at radius 1 is 0.762 bits per heavy atom. The summed E-state index contributed by atoms with van der Waals surface area (Å²) >= 11 is 0. The highest BCUT2D eigenvalue weighted by Gasteiger charge is 2.08. The number of aryl methyl sites for hydroxylation is 3. The van der Waals surface area contributed by atoms with Crippen LogP contribution in [0.1, 0.15) is 69.3 Å². The fraction of sp³-hybridized carbons (Fsp3) is 0.579. The van der Waals surface area contributed by atoms with E-state index in [1.54, 1.807) is 0 Å². The van der Waals surface area contributed by atoms with Crippen LogP contribution < -0.4 is 0 Å². The molecule has 1 aromatic heterocycles. The van der Waals surface area contributed by atoms with E-state index in [4.69, 9.17) is 9.97 Å². The third-order valence-corrected chi connectivity index (χ3v) is 4.01. The molecule has 114 valence electrons. The number of benzene rings is 1. The van der Waals surface area contributed by atoms with E-state index < -0.39 is 0 Å². The van der Waals surface area contributed by atoms with Crippen molar-refractivity contribution in [3.8, 4) is 0 Å². The van der Waals surface area contributed by atoms with E-state index in [-0.39, 0.29) is 0 Å². The zero-order chi connectivity index (χ0) is 15.1. The molecule has 1 aromatic carbocycles. The molecule has 2 nitrogen and oxygen atoms in total. The van der Waals surface area contributed by atoms with Crippen LogP contribution in [0.25, 0.3) is 11.0 Å². The molecule has 0 spiro atoms. The summed E-state index contributed by atoms with van der Waals surface area (Å²) < 4.78 is 0. The van der Waals surface area contributed by atoms with E-state index in [9.17, 15) is 0 Å². The van der Waals surface area contributed by atoms with Gasteiger partial charge in [0.25, 0.3) is 0 Å². The summed E-state index contributed by atoms with van der Waals surface area (Å²) in [6.07, 6.45) is 9.70. The van der Waals surface area contributed by atoms with Crippen LogP contribution in [0.5, 0.6) is 0 Å². The summed E-state index contributed by atoms with van der Waals surface area (Å²) in [5.74, 6) is 0. The fourth-order valence-electron chi connectivity index (χ4n) is 2.70. The maximum atomic E-state index is 4.91. The first-order chi connectivity index (χ1) is 10.2. The Balaban J connectivity index is 2.24. The molecular formula is C19H28N2. The molecule has 1 heterocycles. The Morgan fingerprint density at radius 3 is 2.14 bits per heavy atom. The summed E-state index contributed by atoms with van der Waals surface area (Å²) in [6, 6.07) is 6.39. The Kier molecular flexibility index (Phi) is 6.16. The lowest BCUT2D eigenvalue weighted by Crippen LogP contribution is -2.03. The molecule has 0 unspecified atom stereocenters. The normalized spacial score (nSPS) is 11.2. The third-order valence-electron chi connectivity index (χ3n) is 4.01. The highest BCUT2D eigenvalue weighted by atomic mass is 14.8. The van der Waals surface area contributed by atoms with Gasteiger partial charge in [-0.15, -0.1) is 0 Å². The topological polar surface area (TPSA) is 25.8 Å². The smallest absolute Gasteiger partial charge is 0.0893 e. The van der Waals surface area contributed by atoms with E-state index in [0.717, 1.165) is 23.9 Å². The first kappa shape index (κ1) is 15.9. The fourth-order valence-corrected chi connectivity index (χ4v) is 2.70. The van der Waals surface area contributed by atoms with Crippen LogP contribution >= 0.6 is 0 Å². The van der Waals surface area contributed by atoms with Crippen molar-refractivity contribution in [2.45, 2.75) is 72.1 Å². The van der Waals surface area contributed by atoms with Crippen molar-refractivity contribution in [3.63, 3.8) is 0 Å². The summed E-state index contributed by atoms with van der Waals surface area (Å²) in [4.78, 5) is 9.81. The second kappa shape index (κ2) is 8.11. The number of aromatic nitrogens is 2. The zero-order valence-corrected chi connectivity index (χ0v) is 13.8. The maximum Gasteiger partial charge on any atom is 0.0893 e. The van der Waals surface area contributed by atoms with Crippen LogP contribution in [0.2, 0.25) is 0 Å². The standard InChI is InChI=1S/C19H28N2/c1-4-6-8-9-11-17-16(10-7-5-2)21-19-14-15(3)12-13-18(19)20-17/h12-14H,4-11H2,1-3H3. The van der Waals surface area contributed by atoms with E-state index in [1.807, 2.05) is 0 Å². The molecule has 0 saturated carbocycles. The predicted octanol–water partition coefficient (Wildman–Crippen LogP) is 5.40. The van der Waals surface area contributed by atoms with Gasteiger partial charge < -0.3 is 0 Å². The lowest BCUT2D eigenvalue weighted by Gasteiger charge is -2.10. The SMILES string of the molecule is CCCCCCc1nc2ccc(C)cc2nc1CCCC. The lowest BCUT2D eigenvalue weighted by atomic mass is 10.1. The molecule has 0 bridgehead atoms. The quantitative estimate of drug-likeness (QED) is 0.606. The van der Waals surface area contributed by atoms with Crippen molar-refractivity contribution in [1.29, 1.82) is 0 Å². The van der Waals surface area contributed by atoms with E-state index >= 15 is 0 Å². The minimum atomic E-state index is 1.05. The van der Waals surface area contributed by atoms with Gasteiger partial charge in [0.05, 0.1) is 22.4 Å². The molecule has 2 heteroatoms. The summed E-state index contributed by atoms with van der Waals surface area (Å²) in [5, 5.41) is 0. The molecule has 0 radical (unpaired) electrons. The second-order valence-corrected chi connectivity index (χ2v) is 6.02. The maximum absolute atomic E-state index is 4.91. The van der Waals surface area contributed by atoms with Crippen LogP contribution in [0.3, 0.4) is 0 Å². The average molecular weight is 284 g/mol. The van der Waals surface area contributed by atoms with Gasteiger partial charge in [-0.1, -0.05) is 45.6 Å². The zero-order valence-electron chi connectivity index (χ0n) is 13.8. The number of nitrogens with zero attached hydrogens (tertiary/aromatic N) is 2. The summed E-state index contributed by atoms with van der Waals surface area (Å²) in [7, 11) is 0. The molecule has 0 aliphatic rings. The molecule has 0 amide bonds. The van der Waals surface area contributed by atoms with E-state index in [0.29, 0.717) is 0 Å². The van der Waals surface area contributed by atoms with Crippen LogP contribution in [-0.2, 0) is 12.8 Å². The highest BCUT2D eigenvalue weighted by molar-refractivity contribution is 5.75. The molecule has 0 aliphatic heterocycles. The van der Waals surface area contributed by atoms with Gasteiger partial charge in [-0.05, 0) is 50.3 Å². The van der Waals surface area contributed by atoms with Gasteiger partial charge in [0.1, 0.15) is 0 Å². The highest BCUT2D eigenvalue weighted by Crippen LogP contribution is 2.18. The van der Waals surface area contributed by atoms with Crippen LogP contribution in [0, 0.1) is 6.92 Å². The molecule has 0 atom stereocenters. The number of fused-ring (bicyclic) bond motifs is 1. The van der Waals surface area contributed by atoms with Gasteiger partial charge in [-0.3, -0.25) is 0 Å². The van der Waals surface area contributed by atoms with Crippen molar-refractivity contribution in [1.82, 2.24) is 9.97 Å². The van der Waals surface area contributed by atoms with Crippen molar-refractivity contribution in [2.75, 3.05) is 0 Å². The predicted molar refractivity (Wildman–Crippen MR) is 90.7 cm³/mol. The third kappa shape index (κ3) is 4.52. The average Bonchev–Trinajstić information content (AvgIpc) is 2.49. The monoisotopic (exact) mass is 284 g/mol. The summed E-state index contributed by atoms with van der Waals surface area (Å²) in [5.41, 5.74) is 5.82. The minimum Gasteiger partial charge on any atom is -0.249 e. The largest absolute Gasteiger partial charge is 0.249 e. The van der Waals surface area contributed by atoms with E-state index in [2.05, 4.69) is 39.0 Å². The van der Waals surface area contributed by atoms with Crippen LogP contribution in [0.4, 0.5) is 0 Å². The number of rotatable bonds is 8. The van der Waals surface area contributed by atoms with Gasteiger partial charge in [-0.2, -0.15) is 0 Å². The molecular weight excluding hydrogens is 256 g/mol. The van der Waals surface area contributed by atoms with Gasteiger partial charge in [0.2, 0.25) is 0 Å². The molecule has 0 saturated heterocycles. The van der Waals surface area contributed by atoms with Crippen molar-refractivity contribution >= 4 is 11.0 Å². The molecule has 0 fully saturated rings. The number of unbranched alkanes of at least 4 members (excludes halogenated alkanes) is 4. The van der Waals surface area contributed by atoms with Crippen molar-refractivity contribution < 1.29 is 0 Å². The molecule has 0 aliphatic carbocycles. The van der Waals surface area contributed by atoms with Gasteiger partial charge in [0, 0.05) is 0 Å². The number of hydrogen-bond acceptors (Lipinski definition) is 2. The molecule has 2 rings (SSSR count). The lowest BCUT2D eigenvalue weighted by molar-refractivity contribution is 0.653. The molecule has 2 aromatic rings. The Morgan fingerprint density at radius 2 is 1.43 bits per heavy atom. The van der Waals surface area contributed by atoms with Crippen molar-refractivity contribution in [3.05, 3.63) is 35.2 Å². The Hall–Kier alpha value is -1.44. The second-order valence-electron chi connectivity index (χ2n) is 6.02. The Bertz CT molecular complexity index is 575. The first-order valence-electron chi connectivity index (χ1n) is 8.50. The number of hydrogen-bond donors (Lipinski definition) is 0. The summed E-state index contributed by atoms with van der Waals surface area (Å²) in [6.45, 7) is 6.61. The minimum absolute atomic E-state index is 1.05.